The van der Waals surface area contributed by atoms with Gasteiger partial charge >= 0.3 is 11.6 Å². The summed E-state index contributed by atoms with van der Waals surface area (Å²) in [5.41, 5.74) is 2.09. The summed E-state index contributed by atoms with van der Waals surface area (Å²) in [6, 6.07) is 13.5. The standard InChI is InChI=1S/C22H20O6/c1-3-15-7-8-19-17(11-21(24)28-20(19)9-15)12-27-22(25)13-26-18-6-4-5-16(10-18)14(2)23/h4-11H,3,12-13H2,1-2H3. The Morgan fingerprint density at radius 1 is 1.07 bits per heavy atom. The molecule has 0 N–H and O–H groups in total. The highest BCUT2D eigenvalue weighted by Gasteiger charge is 2.11. The maximum absolute atomic E-state index is 12.0. The van der Waals surface area contributed by atoms with Crippen LogP contribution < -0.4 is 10.4 Å². The Bertz CT molecular complexity index is 1080. The normalized spacial score (nSPS) is 10.6. The van der Waals surface area contributed by atoms with E-state index < -0.39 is 11.6 Å². The minimum Gasteiger partial charge on any atom is -0.482 e. The molecule has 1 heterocycles. The second-order valence-corrected chi connectivity index (χ2v) is 6.31. The molecule has 6 heteroatoms. The summed E-state index contributed by atoms with van der Waals surface area (Å²) in [5.74, 6) is -0.267. The lowest BCUT2D eigenvalue weighted by Gasteiger charge is -2.09. The lowest BCUT2D eigenvalue weighted by molar-refractivity contribution is -0.147. The maximum Gasteiger partial charge on any atom is 0.344 e. The summed E-state index contributed by atoms with van der Waals surface area (Å²) in [6.07, 6.45) is 0.820. The summed E-state index contributed by atoms with van der Waals surface area (Å²) < 4.78 is 15.9. The Kier molecular flexibility index (Phi) is 5.89. The molecule has 0 bridgehead atoms. The number of benzene rings is 2. The Morgan fingerprint density at radius 2 is 1.89 bits per heavy atom. The van der Waals surface area contributed by atoms with Crippen molar-refractivity contribution in [2.45, 2.75) is 26.9 Å². The molecule has 1 aromatic heterocycles. The van der Waals surface area contributed by atoms with Gasteiger partial charge in [0.2, 0.25) is 0 Å². The molecule has 0 atom stereocenters. The van der Waals surface area contributed by atoms with Crippen LogP contribution in [0.2, 0.25) is 0 Å². The van der Waals surface area contributed by atoms with Gasteiger partial charge in [-0.25, -0.2) is 9.59 Å². The third kappa shape index (κ3) is 4.65. The molecule has 3 rings (SSSR count). The molecule has 0 saturated heterocycles. The number of fused-ring (bicyclic) bond motifs is 1. The molecule has 0 radical (unpaired) electrons. The highest BCUT2D eigenvalue weighted by Crippen LogP contribution is 2.20. The van der Waals surface area contributed by atoms with Crippen molar-refractivity contribution in [2.75, 3.05) is 6.61 Å². The first kappa shape index (κ1) is 19.4. The molecule has 0 saturated carbocycles. The zero-order valence-corrected chi connectivity index (χ0v) is 15.7. The number of hydrogen-bond acceptors (Lipinski definition) is 6. The number of ketones is 1. The Labute approximate surface area is 161 Å². The molecular weight excluding hydrogens is 360 g/mol. The van der Waals surface area contributed by atoms with Crippen molar-refractivity contribution in [3.63, 3.8) is 0 Å². The van der Waals surface area contributed by atoms with Crippen LogP contribution in [-0.4, -0.2) is 18.4 Å². The molecule has 144 valence electrons. The predicted molar refractivity (Wildman–Crippen MR) is 104 cm³/mol. The van der Waals surface area contributed by atoms with Crippen LogP contribution in [0.3, 0.4) is 0 Å². The number of carbonyl (C=O) groups is 2. The van der Waals surface area contributed by atoms with E-state index in [4.69, 9.17) is 13.9 Å². The minimum atomic E-state index is -0.584. The summed E-state index contributed by atoms with van der Waals surface area (Å²) in [4.78, 5) is 35.2. The smallest absolute Gasteiger partial charge is 0.344 e. The second kappa shape index (κ2) is 8.52. The fourth-order valence-corrected chi connectivity index (χ4v) is 2.76. The van der Waals surface area contributed by atoms with Gasteiger partial charge in [0.25, 0.3) is 0 Å². The van der Waals surface area contributed by atoms with Gasteiger partial charge in [-0.2, -0.15) is 0 Å². The average Bonchev–Trinajstić information content (AvgIpc) is 2.69. The average molecular weight is 380 g/mol. The Morgan fingerprint density at radius 3 is 2.64 bits per heavy atom. The second-order valence-electron chi connectivity index (χ2n) is 6.31. The van der Waals surface area contributed by atoms with E-state index in [1.165, 1.54) is 13.0 Å². The van der Waals surface area contributed by atoms with Crippen LogP contribution >= 0.6 is 0 Å². The van der Waals surface area contributed by atoms with Crippen LogP contribution in [0, 0.1) is 0 Å². The number of carbonyl (C=O) groups excluding carboxylic acids is 2. The predicted octanol–water partition coefficient (Wildman–Crippen LogP) is 3.68. The SMILES string of the molecule is CCc1ccc2c(COC(=O)COc3cccc(C(C)=O)c3)cc(=O)oc2c1. The molecule has 2 aromatic carbocycles. The van der Waals surface area contributed by atoms with Crippen LogP contribution in [0.25, 0.3) is 11.0 Å². The van der Waals surface area contributed by atoms with E-state index in [-0.39, 0.29) is 19.0 Å². The molecule has 0 aliphatic heterocycles. The topological polar surface area (TPSA) is 82.8 Å². The highest BCUT2D eigenvalue weighted by atomic mass is 16.6. The molecule has 0 fully saturated rings. The number of aryl methyl sites for hydroxylation is 1. The maximum atomic E-state index is 12.0. The van der Waals surface area contributed by atoms with Gasteiger partial charge in [0, 0.05) is 22.6 Å². The van der Waals surface area contributed by atoms with E-state index in [1.54, 1.807) is 24.3 Å². The Hall–Kier alpha value is -3.41. The van der Waals surface area contributed by atoms with Crippen LogP contribution in [0.4, 0.5) is 0 Å². The summed E-state index contributed by atoms with van der Waals surface area (Å²) >= 11 is 0. The lowest BCUT2D eigenvalue weighted by Crippen LogP contribution is -2.15. The summed E-state index contributed by atoms with van der Waals surface area (Å²) in [7, 11) is 0. The monoisotopic (exact) mass is 380 g/mol. The van der Waals surface area contributed by atoms with E-state index in [9.17, 15) is 14.4 Å². The molecule has 0 spiro atoms. The fourth-order valence-electron chi connectivity index (χ4n) is 2.76. The molecule has 28 heavy (non-hydrogen) atoms. The van der Waals surface area contributed by atoms with Crippen molar-refractivity contribution in [2.24, 2.45) is 0 Å². The van der Waals surface area contributed by atoms with Gasteiger partial charge in [-0.15, -0.1) is 0 Å². The van der Waals surface area contributed by atoms with Crippen molar-refractivity contribution >= 4 is 22.7 Å². The number of ether oxygens (including phenoxy) is 2. The van der Waals surface area contributed by atoms with Crippen LogP contribution in [-0.2, 0) is 22.6 Å². The van der Waals surface area contributed by atoms with E-state index in [1.807, 2.05) is 25.1 Å². The van der Waals surface area contributed by atoms with Crippen molar-refractivity contribution in [3.8, 4) is 5.75 Å². The van der Waals surface area contributed by atoms with Gasteiger partial charge in [0.1, 0.15) is 17.9 Å². The molecule has 6 nitrogen and oxygen atoms in total. The van der Waals surface area contributed by atoms with Crippen molar-refractivity contribution < 1.29 is 23.5 Å². The van der Waals surface area contributed by atoms with Gasteiger partial charge in [0.15, 0.2) is 12.4 Å². The third-order valence-corrected chi connectivity index (χ3v) is 4.29. The quantitative estimate of drug-likeness (QED) is 0.353. The first-order chi connectivity index (χ1) is 13.5. The molecular formula is C22H20O6. The highest BCUT2D eigenvalue weighted by molar-refractivity contribution is 5.94. The van der Waals surface area contributed by atoms with Crippen molar-refractivity contribution in [1.29, 1.82) is 0 Å². The lowest BCUT2D eigenvalue weighted by atomic mass is 10.1. The van der Waals surface area contributed by atoms with Crippen molar-refractivity contribution in [3.05, 3.63) is 75.6 Å². The first-order valence-electron chi connectivity index (χ1n) is 8.91. The molecule has 3 aromatic rings. The number of Topliss-reactive ketones (excluding diaryl/α,β-unsaturated/α-hetero) is 1. The number of rotatable bonds is 7. The van der Waals surface area contributed by atoms with Crippen molar-refractivity contribution in [1.82, 2.24) is 0 Å². The number of esters is 1. The summed E-state index contributed by atoms with van der Waals surface area (Å²) in [5, 5.41) is 0.722. The first-order valence-corrected chi connectivity index (χ1v) is 8.91. The zero-order valence-electron chi connectivity index (χ0n) is 15.7. The van der Waals surface area contributed by atoms with Gasteiger partial charge in [-0.3, -0.25) is 4.79 Å². The minimum absolute atomic E-state index is 0.0662. The van der Waals surface area contributed by atoms with Gasteiger partial charge in [0.05, 0.1) is 0 Å². The third-order valence-electron chi connectivity index (χ3n) is 4.29. The zero-order chi connectivity index (χ0) is 20.1. The van der Waals surface area contributed by atoms with E-state index >= 15 is 0 Å². The van der Waals surface area contributed by atoms with E-state index in [0.29, 0.717) is 22.5 Å². The molecule has 0 unspecified atom stereocenters. The fraction of sp³-hybridized carbons (Fsp3) is 0.227. The summed E-state index contributed by atoms with van der Waals surface area (Å²) in [6.45, 7) is 3.10. The molecule has 0 aliphatic carbocycles. The van der Waals surface area contributed by atoms with Gasteiger partial charge < -0.3 is 13.9 Å². The van der Waals surface area contributed by atoms with Gasteiger partial charge in [-0.05, 0) is 37.1 Å². The van der Waals surface area contributed by atoms with Crippen LogP contribution in [0.5, 0.6) is 5.75 Å². The van der Waals surface area contributed by atoms with E-state index in [0.717, 1.165) is 17.4 Å². The van der Waals surface area contributed by atoms with Crippen LogP contribution in [0.1, 0.15) is 35.3 Å². The largest absolute Gasteiger partial charge is 0.482 e. The number of hydrogen-bond donors (Lipinski definition) is 0. The van der Waals surface area contributed by atoms with Gasteiger partial charge in [-0.1, -0.05) is 31.2 Å². The van der Waals surface area contributed by atoms with Crippen LogP contribution in [0.15, 0.2) is 57.7 Å². The molecule has 0 aliphatic rings. The molecule has 0 amide bonds. The van der Waals surface area contributed by atoms with E-state index in [2.05, 4.69) is 0 Å². The Balaban J connectivity index is 1.65.